The van der Waals surface area contributed by atoms with Crippen molar-refractivity contribution in [1.82, 2.24) is 0 Å². The molecular formula is C10H20O. The van der Waals surface area contributed by atoms with Crippen LogP contribution in [0.5, 0.6) is 0 Å². The average molecular weight is 156 g/mol. The maximum Gasteiger partial charge on any atom is 0.0619 e. The van der Waals surface area contributed by atoms with Gasteiger partial charge < -0.3 is 5.11 Å². The Hall–Kier alpha value is -0.0400. The summed E-state index contributed by atoms with van der Waals surface area (Å²) in [6.07, 6.45) is 5.07. The van der Waals surface area contributed by atoms with Crippen LogP contribution in [-0.4, -0.2) is 10.7 Å². The lowest BCUT2D eigenvalue weighted by atomic mass is 9.88. The second-order valence-corrected chi connectivity index (χ2v) is 4.44. The van der Waals surface area contributed by atoms with E-state index in [-0.39, 0.29) is 0 Å². The molecule has 0 bridgehead atoms. The Morgan fingerprint density at radius 1 is 1.36 bits per heavy atom. The molecule has 0 heterocycles. The van der Waals surface area contributed by atoms with E-state index in [1.165, 1.54) is 25.7 Å². The molecule has 1 saturated carbocycles. The summed E-state index contributed by atoms with van der Waals surface area (Å²) in [5.74, 6) is 1.43. The Kier molecular flexibility index (Phi) is 2.58. The topological polar surface area (TPSA) is 20.2 Å². The van der Waals surface area contributed by atoms with Gasteiger partial charge in [0.15, 0.2) is 0 Å². The van der Waals surface area contributed by atoms with Crippen molar-refractivity contribution in [2.75, 3.05) is 0 Å². The van der Waals surface area contributed by atoms with Gasteiger partial charge in [0.05, 0.1) is 5.60 Å². The highest BCUT2D eigenvalue weighted by Crippen LogP contribution is 2.38. The molecule has 11 heavy (non-hydrogen) atoms. The molecule has 1 nitrogen and oxygen atoms in total. The van der Waals surface area contributed by atoms with E-state index in [4.69, 9.17) is 0 Å². The van der Waals surface area contributed by atoms with E-state index in [0.29, 0.717) is 5.92 Å². The predicted molar refractivity (Wildman–Crippen MR) is 47.4 cm³/mol. The highest BCUT2D eigenvalue weighted by molar-refractivity contribution is 4.85. The van der Waals surface area contributed by atoms with Gasteiger partial charge in [0.1, 0.15) is 0 Å². The van der Waals surface area contributed by atoms with Gasteiger partial charge in [-0.2, -0.15) is 0 Å². The Balaban J connectivity index is 2.42. The lowest BCUT2D eigenvalue weighted by Crippen LogP contribution is -2.28. The Morgan fingerprint density at radius 2 is 2.00 bits per heavy atom. The van der Waals surface area contributed by atoms with Crippen molar-refractivity contribution >= 4 is 0 Å². The van der Waals surface area contributed by atoms with E-state index in [1.807, 2.05) is 13.8 Å². The molecule has 0 aromatic rings. The van der Waals surface area contributed by atoms with Gasteiger partial charge in [-0.3, -0.25) is 0 Å². The van der Waals surface area contributed by atoms with Gasteiger partial charge in [-0.1, -0.05) is 19.8 Å². The Bertz CT molecular complexity index is 123. The number of hydrogen-bond acceptors (Lipinski definition) is 1. The summed E-state index contributed by atoms with van der Waals surface area (Å²) in [4.78, 5) is 0. The zero-order valence-electron chi connectivity index (χ0n) is 7.93. The third-order valence-corrected chi connectivity index (χ3v) is 3.12. The Labute approximate surface area is 69.8 Å². The number of hydrogen-bond donors (Lipinski definition) is 1. The molecule has 0 saturated heterocycles. The van der Waals surface area contributed by atoms with Gasteiger partial charge in [-0.15, -0.1) is 0 Å². The van der Waals surface area contributed by atoms with Crippen molar-refractivity contribution in [2.24, 2.45) is 11.8 Å². The standard InChI is InChI=1S/C10H20O/c1-4-8-5-6-9(7-8)10(2,3)11/h8-9,11H,4-7H2,1-3H3. The maximum atomic E-state index is 9.73. The Morgan fingerprint density at radius 3 is 2.27 bits per heavy atom. The first-order valence-corrected chi connectivity index (χ1v) is 4.76. The third-order valence-electron chi connectivity index (χ3n) is 3.12. The minimum atomic E-state index is -0.441. The fourth-order valence-corrected chi connectivity index (χ4v) is 2.09. The SMILES string of the molecule is CCC1CCC(C(C)(C)O)C1. The quantitative estimate of drug-likeness (QED) is 0.651. The van der Waals surface area contributed by atoms with Crippen LogP contribution in [0.4, 0.5) is 0 Å². The highest BCUT2D eigenvalue weighted by Gasteiger charge is 2.33. The molecule has 2 atom stereocenters. The average Bonchev–Trinajstić information content (AvgIpc) is 2.32. The highest BCUT2D eigenvalue weighted by atomic mass is 16.3. The molecule has 0 aromatic carbocycles. The summed E-state index contributed by atoms with van der Waals surface area (Å²) in [7, 11) is 0. The lowest BCUT2D eigenvalue weighted by molar-refractivity contribution is 0.0182. The minimum absolute atomic E-state index is 0.441. The fraction of sp³-hybridized carbons (Fsp3) is 1.00. The largest absolute Gasteiger partial charge is 0.390 e. The van der Waals surface area contributed by atoms with E-state index in [2.05, 4.69) is 6.92 Å². The van der Waals surface area contributed by atoms with Crippen LogP contribution in [0.2, 0.25) is 0 Å². The van der Waals surface area contributed by atoms with Crippen LogP contribution in [0.3, 0.4) is 0 Å². The van der Waals surface area contributed by atoms with E-state index in [9.17, 15) is 5.11 Å². The molecule has 0 amide bonds. The van der Waals surface area contributed by atoms with Crippen LogP contribution < -0.4 is 0 Å². The molecule has 1 rings (SSSR count). The van der Waals surface area contributed by atoms with Gasteiger partial charge in [-0.25, -0.2) is 0 Å². The van der Waals surface area contributed by atoms with Crippen LogP contribution >= 0.6 is 0 Å². The minimum Gasteiger partial charge on any atom is -0.390 e. The summed E-state index contributed by atoms with van der Waals surface area (Å²) < 4.78 is 0. The van der Waals surface area contributed by atoms with Crippen molar-refractivity contribution in [3.63, 3.8) is 0 Å². The zero-order chi connectivity index (χ0) is 8.48. The summed E-state index contributed by atoms with van der Waals surface area (Å²) in [5, 5.41) is 9.73. The van der Waals surface area contributed by atoms with Crippen LogP contribution in [-0.2, 0) is 0 Å². The molecule has 1 fully saturated rings. The van der Waals surface area contributed by atoms with Gasteiger partial charge in [0, 0.05) is 0 Å². The van der Waals surface area contributed by atoms with E-state index >= 15 is 0 Å². The molecule has 0 aromatic heterocycles. The summed E-state index contributed by atoms with van der Waals surface area (Å²) in [6.45, 7) is 6.13. The normalized spacial score (nSPS) is 32.7. The monoisotopic (exact) mass is 156 g/mol. The van der Waals surface area contributed by atoms with Crippen molar-refractivity contribution in [3.05, 3.63) is 0 Å². The molecular weight excluding hydrogens is 136 g/mol. The maximum absolute atomic E-state index is 9.73. The van der Waals surface area contributed by atoms with E-state index in [1.54, 1.807) is 0 Å². The van der Waals surface area contributed by atoms with E-state index < -0.39 is 5.60 Å². The fourth-order valence-electron chi connectivity index (χ4n) is 2.09. The zero-order valence-corrected chi connectivity index (χ0v) is 7.93. The van der Waals surface area contributed by atoms with Crippen LogP contribution in [0.1, 0.15) is 46.5 Å². The second-order valence-electron chi connectivity index (χ2n) is 4.44. The molecule has 1 aliphatic carbocycles. The van der Waals surface area contributed by atoms with Crippen molar-refractivity contribution in [2.45, 2.75) is 52.1 Å². The molecule has 0 aliphatic heterocycles. The van der Waals surface area contributed by atoms with Crippen molar-refractivity contribution < 1.29 is 5.11 Å². The molecule has 2 unspecified atom stereocenters. The first-order valence-electron chi connectivity index (χ1n) is 4.76. The van der Waals surface area contributed by atoms with Gasteiger partial charge >= 0.3 is 0 Å². The third kappa shape index (κ3) is 2.19. The van der Waals surface area contributed by atoms with Gasteiger partial charge in [0.2, 0.25) is 0 Å². The first-order chi connectivity index (χ1) is 5.04. The molecule has 1 heteroatoms. The first kappa shape index (κ1) is 9.05. The van der Waals surface area contributed by atoms with Gasteiger partial charge in [-0.05, 0) is 38.5 Å². The summed E-state index contributed by atoms with van der Waals surface area (Å²) >= 11 is 0. The molecule has 66 valence electrons. The number of rotatable bonds is 2. The van der Waals surface area contributed by atoms with Crippen LogP contribution in [0.15, 0.2) is 0 Å². The smallest absolute Gasteiger partial charge is 0.0619 e. The lowest BCUT2D eigenvalue weighted by Gasteiger charge is -2.25. The van der Waals surface area contributed by atoms with Crippen LogP contribution in [0, 0.1) is 11.8 Å². The van der Waals surface area contributed by atoms with Gasteiger partial charge in [0.25, 0.3) is 0 Å². The van der Waals surface area contributed by atoms with E-state index in [0.717, 1.165) is 5.92 Å². The summed E-state index contributed by atoms with van der Waals surface area (Å²) in [5.41, 5.74) is -0.441. The second kappa shape index (κ2) is 3.14. The molecule has 1 aliphatic rings. The van der Waals surface area contributed by atoms with Crippen molar-refractivity contribution in [3.8, 4) is 0 Å². The van der Waals surface area contributed by atoms with Crippen LogP contribution in [0.25, 0.3) is 0 Å². The van der Waals surface area contributed by atoms with Crippen molar-refractivity contribution in [1.29, 1.82) is 0 Å². The number of aliphatic hydroxyl groups is 1. The molecule has 0 radical (unpaired) electrons. The molecule has 1 N–H and O–H groups in total. The molecule has 0 spiro atoms. The predicted octanol–water partition coefficient (Wildman–Crippen LogP) is 2.58. The summed E-state index contributed by atoms with van der Waals surface area (Å²) in [6, 6.07) is 0.